The number of amides is 1. The van der Waals surface area contributed by atoms with Gasteiger partial charge >= 0.3 is 0 Å². The van der Waals surface area contributed by atoms with Gasteiger partial charge in [-0.2, -0.15) is 0 Å². The number of carbonyl (C=O) groups is 1. The molecule has 1 atom stereocenters. The molecular formula is C14H22N2O3. The molecule has 0 aromatic heterocycles. The summed E-state index contributed by atoms with van der Waals surface area (Å²) < 4.78 is 10.6. The van der Waals surface area contributed by atoms with Gasteiger partial charge in [-0.25, -0.2) is 0 Å². The average Bonchev–Trinajstić information content (AvgIpc) is 2.44. The van der Waals surface area contributed by atoms with Crippen molar-refractivity contribution in [2.24, 2.45) is 0 Å². The quantitative estimate of drug-likeness (QED) is 0.842. The van der Waals surface area contributed by atoms with E-state index in [0.29, 0.717) is 18.0 Å². The van der Waals surface area contributed by atoms with Crippen LogP contribution in [0.4, 0.5) is 0 Å². The number of hydrogen-bond acceptors (Lipinski definition) is 4. The Kier molecular flexibility index (Phi) is 5.63. The van der Waals surface area contributed by atoms with Gasteiger partial charge in [-0.05, 0) is 20.0 Å². The van der Waals surface area contributed by atoms with Crippen LogP contribution in [-0.4, -0.2) is 45.2 Å². The van der Waals surface area contributed by atoms with E-state index >= 15 is 0 Å². The van der Waals surface area contributed by atoms with E-state index in [2.05, 4.69) is 5.32 Å². The molecule has 1 rings (SSSR count). The number of rotatable bonds is 6. The molecule has 5 heteroatoms. The highest BCUT2D eigenvalue weighted by Gasteiger charge is 2.19. The number of hydrogen-bond donors (Lipinski definition) is 1. The third-order valence-electron chi connectivity index (χ3n) is 3.19. The smallest absolute Gasteiger partial charge is 0.236 e. The number of carbonyl (C=O) groups excluding carboxylic acids is 1. The standard InChI is InChI=1S/C14H22N2O3/c1-10(14(17)15-2)16(3)9-11-7-6-8-12(18-4)13(11)19-5/h6-8,10H,9H2,1-5H3,(H,15,17)/t10-/m1/s1. The molecule has 19 heavy (non-hydrogen) atoms. The van der Waals surface area contributed by atoms with Gasteiger partial charge in [0.05, 0.1) is 20.3 Å². The zero-order valence-corrected chi connectivity index (χ0v) is 12.2. The van der Waals surface area contributed by atoms with E-state index in [4.69, 9.17) is 9.47 Å². The number of benzene rings is 1. The SMILES string of the molecule is CNC(=O)[C@@H](C)N(C)Cc1cccc(OC)c1OC. The molecule has 1 amide bonds. The average molecular weight is 266 g/mol. The lowest BCUT2D eigenvalue weighted by molar-refractivity contribution is -0.125. The Morgan fingerprint density at radius 1 is 1.37 bits per heavy atom. The summed E-state index contributed by atoms with van der Waals surface area (Å²) in [5.74, 6) is 1.39. The Bertz CT molecular complexity index is 435. The van der Waals surface area contributed by atoms with E-state index in [1.54, 1.807) is 21.3 Å². The van der Waals surface area contributed by atoms with Gasteiger partial charge in [-0.3, -0.25) is 9.69 Å². The van der Waals surface area contributed by atoms with Crippen molar-refractivity contribution in [3.63, 3.8) is 0 Å². The number of nitrogens with one attached hydrogen (secondary N) is 1. The van der Waals surface area contributed by atoms with E-state index in [9.17, 15) is 4.79 Å². The van der Waals surface area contributed by atoms with E-state index in [-0.39, 0.29) is 11.9 Å². The van der Waals surface area contributed by atoms with Crippen LogP contribution in [0.25, 0.3) is 0 Å². The van der Waals surface area contributed by atoms with Crippen LogP contribution < -0.4 is 14.8 Å². The van der Waals surface area contributed by atoms with Crippen LogP contribution in [0, 0.1) is 0 Å². The molecule has 0 spiro atoms. The van der Waals surface area contributed by atoms with Crippen molar-refractivity contribution < 1.29 is 14.3 Å². The van der Waals surface area contributed by atoms with Crippen molar-refractivity contribution in [1.82, 2.24) is 10.2 Å². The van der Waals surface area contributed by atoms with E-state index in [0.717, 1.165) is 5.56 Å². The van der Waals surface area contributed by atoms with Crippen molar-refractivity contribution in [3.8, 4) is 11.5 Å². The molecule has 0 fully saturated rings. The molecule has 0 aliphatic heterocycles. The zero-order valence-electron chi connectivity index (χ0n) is 12.2. The summed E-state index contributed by atoms with van der Waals surface area (Å²) >= 11 is 0. The first-order valence-electron chi connectivity index (χ1n) is 6.16. The van der Waals surface area contributed by atoms with Crippen LogP contribution in [-0.2, 0) is 11.3 Å². The van der Waals surface area contributed by atoms with Gasteiger partial charge < -0.3 is 14.8 Å². The summed E-state index contributed by atoms with van der Waals surface area (Å²) in [6, 6.07) is 5.52. The normalized spacial score (nSPS) is 12.1. The van der Waals surface area contributed by atoms with Gasteiger partial charge in [0.25, 0.3) is 0 Å². The molecule has 106 valence electrons. The van der Waals surface area contributed by atoms with E-state index in [1.807, 2.05) is 37.1 Å². The second-order valence-electron chi connectivity index (χ2n) is 4.36. The first-order chi connectivity index (χ1) is 9.04. The second kappa shape index (κ2) is 6.99. The molecule has 5 nitrogen and oxygen atoms in total. The van der Waals surface area contributed by atoms with Crippen molar-refractivity contribution in [3.05, 3.63) is 23.8 Å². The van der Waals surface area contributed by atoms with Crippen LogP contribution in [0.5, 0.6) is 11.5 Å². The Morgan fingerprint density at radius 2 is 2.05 bits per heavy atom. The predicted molar refractivity (Wildman–Crippen MR) is 74.5 cm³/mol. The molecule has 0 aliphatic rings. The molecule has 1 aromatic rings. The van der Waals surface area contributed by atoms with Crippen LogP contribution >= 0.6 is 0 Å². The van der Waals surface area contributed by atoms with Crippen LogP contribution in [0.3, 0.4) is 0 Å². The number of likely N-dealkylation sites (N-methyl/N-ethyl adjacent to an activating group) is 2. The minimum atomic E-state index is -0.207. The first kappa shape index (κ1) is 15.3. The highest BCUT2D eigenvalue weighted by molar-refractivity contribution is 5.80. The van der Waals surface area contributed by atoms with Crippen molar-refractivity contribution in [2.75, 3.05) is 28.3 Å². The van der Waals surface area contributed by atoms with E-state index < -0.39 is 0 Å². The number of methoxy groups -OCH3 is 2. The maximum absolute atomic E-state index is 11.6. The number of ether oxygens (including phenoxy) is 2. The minimum absolute atomic E-state index is 0.00985. The summed E-state index contributed by atoms with van der Waals surface area (Å²) in [5, 5.41) is 2.65. The van der Waals surface area contributed by atoms with Gasteiger partial charge in [0.15, 0.2) is 11.5 Å². The Balaban J connectivity index is 2.90. The molecule has 0 saturated heterocycles. The molecule has 0 unspecified atom stereocenters. The minimum Gasteiger partial charge on any atom is -0.493 e. The maximum Gasteiger partial charge on any atom is 0.236 e. The Labute approximate surface area is 114 Å². The highest BCUT2D eigenvalue weighted by atomic mass is 16.5. The lowest BCUT2D eigenvalue weighted by Crippen LogP contribution is -2.41. The summed E-state index contributed by atoms with van der Waals surface area (Å²) in [5.41, 5.74) is 0.986. The van der Waals surface area contributed by atoms with Gasteiger partial charge in [-0.15, -0.1) is 0 Å². The first-order valence-corrected chi connectivity index (χ1v) is 6.16. The largest absolute Gasteiger partial charge is 0.493 e. The van der Waals surface area contributed by atoms with Crippen molar-refractivity contribution >= 4 is 5.91 Å². The predicted octanol–water partition coefficient (Wildman–Crippen LogP) is 1.27. The van der Waals surface area contributed by atoms with Crippen molar-refractivity contribution in [2.45, 2.75) is 19.5 Å². The summed E-state index contributed by atoms with van der Waals surface area (Å²) in [6.45, 7) is 2.47. The highest BCUT2D eigenvalue weighted by Crippen LogP contribution is 2.31. The van der Waals surface area contributed by atoms with Crippen LogP contribution in [0.15, 0.2) is 18.2 Å². The lowest BCUT2D eigenvalue weighted by Gasteiger charge is -2.24. The zero-order chi connectivity index (χ0) is 14.4. The number of para-hydroxylation sites is 1. The second-order valence-corrected chi connectivity index (χ2v) is 4.36. The topological polar surface area (TPSA) is 50.8 Å². The monoisotopic (exact) mass is 266 g/mol. The van der Waals surface area contributed by atoms with Gasteiger partial charge in [0, 0.05) is 19.2 Å². The van der Waals surface area contributed by atoms with E-state index in [1.165, 1.54) is 0 Å². The number of nitrogens with zero attached hydrogens (tertiary/aromatic N) is 1. The molecule has 0 heterocycles. The van der Waals surface area contributed by atoms with Gasteiger partial charge in [0.2, 0.25) is 5.91 Å². The molecule has 1 aromatic carbocycles. The molecule has 1 N–H and O–H groups in total. The van der Waals surface area contributed by atoms with Gasteiger partial charge in [0.1, 0.15) is 0 Å². The van der Waals surface area contributed by atoms with Crippen LogP contribution in [0.2, 0.25) is 0 Å². The fraction of sp³-hybridized carbons (Fsp3) is 0.500. The Hall–Kier alpha value is -1.75. The lowest BCUT2D eigenvalue weighted by atomic mass is 10.1. The summed E-state index contributed by atoms with van der Waals surface area (Å²) in [4.78, 5) is 13.6. The maximum atomic E-state index is 11.6. The molecule has 0 radical (unpaired) electrons. The third kappa shape index (κ3) is 3.61. The fourth-order valence-electron chi connectivity index (χ4n) is 1.89. The third-order valence-corrected chi connectivity index (χ3v) is 3.19. The summed E-state index contributed by atoms with van der Waals surface area (Å²) in [6.07, 6.45) is 0. The molecule has 0 saturated carbocycles. The molecular weight excluding hydrogens is 244 g/mol. The van der Waals surface area contributed by atoms with Gasteiger partial charge in [-0.1, -0.05) is 12.1 Å². The molecule has 0 bridgehead atoms. The van der Waals surface area contributed by atoms with Crippen molar-refractivity contribution in [1.29, 1.82) is 0 Å². The molecule has 0 aliphatic carbocycles. The summed E-state index contributed by atoms with van der Waals surface area (Å²) in [7, 11) is 6.76. The van der Waals surface area contributed by atoms with Crippen LogP contribution in [0.1, 0.15) is 12.5 Å². The fourth-order valence-corrected chi connectivity index (χ4v) is 1.89. The Morgan fingerprint density at radius 3 is 2.58 bits per heavy atom.